The van der Waals surface area contributed by atoms with Crippen LogP contribution in [0.3, 0.4) is 0 Å². The molecule has 0 bridgehead atoms. The number of rotatable bonds is 7. The Morgan fingerprint density at radius 2 is 1.58 bits per heavy atom. The van der Waals surface area contributed by atoms with Gasteiger partial charge in [-0.05, 0) is 26.7 Å². The number of methoxy groups -OCH3 is 1. The summed E-state index contributed by atoms with van der Waals surface area (Å²) >= 11 is 0. The third-order valence-electron chi connectivity index (χ3n) is 2.69. The number of hydrogen-bond donors (Lipinski definition) is 3. The molecule has 1 atom stereocenters. The van der Waals surface area contributed by atoms with Crippen LogP contribution < -0.4 is 16.0 Å². The first kappa shape index (κ1) is 21.7. The predicted molar refractivity (Wildman–Crippen MR) is 86.0 cm³/mol. The number of esters is 1. The fourth-order valence-corrected chi connectivity index (χ4v) is 1.57. The Hall–Kier alpha value is -2.32. The van der Waals surface area contributed by atoms with Gasteiger partial charge in [0.15, 0.2) is 0 Å². The molecule has 0 aliphatic heterocycles. The standard InChI is InChI=1S/C15H27N3O6/c1-9(2)12(13(21)16-8-11(20)23-6)18-10(19)7-17-14(22)24-15(3,4)5/h9,12H,7-8H2,1-6H3,(H,16,21)(H,17,22)(H,18,19). The first-order chi connectivity index (χ1) is 11.0. The molecule has 24 heavy (non-hydrogen) atoms. The average molecular weight is 345 g/mol. The van der Waals surface area contributed by atoms with Gasteiger partial charge in [-0.3, -0.25) is 14.4 Å². The zero-order chi connectivity index (χ0) is 18.9. The second-order valence-electron chi connectivity index (χ2n) is 6.44. The molecule has 9 nitrogen and oxygen atoms in total. The summed E-state index contributed by atoms with van der Waals surface area (Å²) in [5.74, 6) is -1.87. The molecule has 0 spiro atoms. The minimum absolute atomic E-state index is 0.215. The SMILES string of the molecule is COC(=O)CNC(=O)C(NC(=O)CNC(=O)OC(C)(C)C)C(C)C. The van der Waals surface area contributed by atoms with E-state index in [0.717, 1.165) is 0 Å². The molecule has 0 rings (SSSR count). The summed E-state index contributed by atoms with van der Waals surface area (Å²) in [6, 6.07) is -0.845. The first-order valence-corrected chi connectivity index (χ1v) is 7.57. The van der Waals surface area contributed by atoms with Crippen molar-refractivity contribution < 1.29 is 28.7 Å². The van der Waals surface area contributed by atoms with Crippen LogP contribution in [-0.4, -0.2) is 55.7 Å². The summed E-state index contributed by atoms with van der Waals surface area (Å²) in [6.45, 7) is 7.97. The second-order valence-corrected chi connectivity index (χ2v) is 6.44. The van der Waals surface area contributed by atoms with Crippen molar-refractivity contribution in [2.45, 2.75) is 46.3 Å². The molecule has 0 heterocycles. The molecule has 1 unspecified atom stereocenters. The van der Waals surface area contributed by atoms with Gasteiger partial charge < -0.3 is 25.4 Å². The topological polar surface area (TPSA) is 123 Å². The Kier molecular flexibility index (Phi) is 8.80. The fourth-order valence-electron chi connectivity index (χ4n) is 1.57. The average Bonchev–Trinajstić information content (AvgIpc) is 2.45. The van der Waals surface area contributed by atoms with Crippen molar-refractivity contribution in [3.05, 3.63) is 0 Å². The van der Waals surface area contributed by atoms with Crippen molar-refractivity contribution in [3.63, 3.8) is 0 Å². The Morgan fingerprint density at radius 3 is 2.04 bits per heavy atom. The third-order valence-corrected chi connectivity index (χ3v) is 2.69. The fraction of sp³-hybridized carbons (Fsp3) is 0.733. The van der Waals surface area contributed by atoms with Gasteiger partial charge in [-0.15, -0.1) is 0 Å². The molecule has 0 aliphatic carbocycles. The smallest absolute Gasteiger partial charge is 0.408 e. The minimum Gasteiger partial charge on any atom is -0.468 e. The van der Waals surface area contributed by atoms with Gasteiger partial charge in [0.1, 0.15) is 24.7 Å². The zero-order valence-electron chi connectivity index (χ0n) is 15.0. The van der Waals surface area contributed by atoms with Crippen molar-refractivity contribution in [3.8, 4) is 0 Å². The summed E-state index contributed by atoms with van der Waals surface area (Å²) in [4.78, 5) is 46.4. The Bertz CT molecular complexity index is 470. The molecule has 0 saturated carbocycles. The van der Waals surface area contributed by atoms with Gasteiger partial charge in [0, 0.05) is 0 Å². The van der Waals surface area contributed by atoms with Crippen LogP contribution in [-0.2, 0) is 23.9 Å². The highest BCUT2D eigenvalue weighted by Crippen LogP contribution is 2.06. The highest BCUT2D eigenvalue weighted by Gasteiger charge is 2.25. The largest absolute Gasteiger partial charge is 0.468 e. The van der Waals surface area contributed by atoms with Crippen LogP contribution in [0.25, 0.3) is 0 Å². The molecule has 9 heteroatoms. The highest BCUT2D eigenvalue weighted by molar-refractivity contribution is 5.91. The summed E-state index contributed by atoms with van der Waals surface area (Å²) in [5, 5.41) is 7.18. The number of alkyl carbamates (subject to hydrolysis) is 1. The molecule has 0 radical (unpaired) electrons. The maximum absolute atomic E-state index is 12.0. The van der Waals surface area contributed by atoms with E-state index in [0.29, 0.717) is 0 Å². The van der Waals surface area contributed by atoms with Gasteiger partial charge in [-0.1, -0.05) is 13.8 Å². The lowest BCUT2D eigenvalue weighted by atomic mass is 10.0. The van der Waals surface area contributed by atoms with Gasteiger partial charge >= 0.3 is 12.1 Å². The van der Waals surface area contributed by atoms with Crippen molar-refractivity contribution in [1.82, 2.24) is 16.0 Å². The maximum Gasteiger partial charge on any atom is 0.408 e. The second kappa shape index (κ2) is 9.74. The quantitative estimate of drug-likeness (QED) is 0.556. The van der Waals surface area contributed by atoms with Crippen molar-refractivity contribution in [2.75, 3.05) is 20.2 Å². The molecule has 3 N–H and O–H groups in total. The lowest BCUT2D eigenvalue weighted by Gasteiger charge is -2.22. The lowest BCUT2D eigenvalue weighted by Crippen LogP contribution is -2.52. The van der Waals surface area contributed by atoms with E-state index in [1.807, 2.05) is 0 Å². The lowest BCUT2D eigenvalue weighted by molar-refractivity contribution is -0.141. The first-order valence-electron chi connectivity index (χ1n) is 7.57. The van der Waals surface area contributed by atoms with Gasteiger partial charge in [0.25, 0.3) is 0 Å². The van der Waals surface area contributed by atoms with E-state index in [4.69, 9.17) is 4.74 Å². The normalized spacial score (nSPS) is 12.1. The molecular weight excluding hydrogens is 318 g/mol. The van der Waals surface area contributed by atoms with Crippen LogP contribution in [0.5, 0.6) is 0 Å². The summed E-state index contributed by atoms with van der Waals surface area (Å²) in [5.41, 5.74) is -0.672. The molecule has 3 amide bonds. The van der Waals surface area contributed by atoms with Gasteiger partial charge in [0.2, 0.25) is 11.8 Å². The summed E-state index contributed by atoms with van der Waals surface area (Å²) in [6.07, 6.45) is -0.728. The van der Waals surface area contributed by atoms with Gasteiger partial charge in [-0.2, -0.15) is 0 Å². The maximum atomic E-state index is 12.0. The number of hydrogen-bond acceptors (Lipinski definition) is 6. The van der Waals surface area contributed by atoms with Gasteiger partial charge in [0.05, 0.1) is 7.11 Å². The zero-order valence-corrected chi connectivity index (χ0v) is 15.0. The number of amides is 3. The molecule has 0 saturated heterocycles. The Labute approximate surface area is 141 Å². The predicted octanol–water partition coefficient (Wildman–Crippen LogP) is -0.0589. The highest BCUT2D eigenvalue weighted by atomic mass is 16.6. The van der Waals surface area contributed by atoms with E-state index >= 15 is 0 Å². The summed E-state index contributed by atoms with van der Waals surface area (Å²) < 4.78 is 9.43. The van der Waals surface area contributed by atoms with Crippen LogP contribution in [0.2, 0.25) is 0 Å². The van der Waals surface area contributed by atoms with Crippen LogP contribution in [0.15, 0.2) is 0 Å². The molecular formula is C15H27N3O6. The molecule has 0 aromatic carbocycles. The number of nitrogens with one attached hydrogen (secondary N) is 3. The van der Waals surface area contributed by atoms with Crippen LogP contribution >= 0.6 is 0 Å². The number of carbonyl (C=O) groups excluding carboxylic acids is 4. The van der Waals surface area contributed by atoms with Crippen LogP contribution in [0, 0.1) is 5.92 Å². The van der Waals surface area contributed by atoms with Crippen LogP contribution in [0.4, 0.5) is 4.79 Å². The summed E-state index contributed by atoms with van der Waals surface area (Å²) in [7, 11) is 1.21. The molecule has 0 aromatic rings. The monoisotopic (exact) mass is 345 g/mol. The van der Waals surface area contributed by atoms with Crippen molar-refractivity contribution >= 4 is 23.9 Å². The Balaban J connectivity index is 4.45. The van der Waals surface area contributed by atoms with Crippen molar-refractivity contribution in [1.29, 1.82) is 0 Å². The number of carbonyl (C=O) groups is 4. The molecule has 138 valence electrons. The Morgan fingerprint density at radius 1 is 1.00 bits per heavy atom. The molecule has 0 aromatic heterocycles. The van der Waals surface area contributed by atoms with E-state index in [1.165, 1.54) is 7.11 Å². The number of ether oxygens (including phenoxy) is 2. The van der Waals surface area contributed by atoms with E-state index in [-0.39, 0.29) is 19.0 Å². The molecule has 0 aliphatic rings. The van der Waals surface area contributed by atoms with Gasteiger partial charge in [-0.25, -0.2) is 4.79 Å². The van der Waals surface area contributed by atoms with E-state index in [2.05, 4.69) is 20.7 Å². The minimum atomic E-state index is -0.845. The van der Waals surface area contributed by atoms with E-state index < -0.39 is 35.5 Å². The molecule has 0 fully saturated rings. The van der Waals surface area contributed by atoms with E-state index in [9.17, 15) is 19.2 Å². The van der Waals surface area contributed by atoms with Crippen molar-refractivity contribution in [2.24, 2.45) is 5.92 Å². The third kappa shape index (κ3) is 9.65. The van der Waals surface area contributed by atoms with E-state index in [1.54, 1.807) is 34.6 Å². The van der Waals surface area contributed by atoms with Crippen LogP contribution in [0.1, 0.15) is 34.6 Å².